The molecule has 0 aliphatic heterocycles. The van der Waals surface area contributed by atoms with Gasteiger partial charge in [-0.1, -0.05) is 0 Å². The maximum atomic E-state index is 11.4. The summed E-state index contributed by atoms with van der Waals surface area (Å²) in [6, 6.07) is 7.90. The fraction of sp³-hybridized carbons (Fsp3) is 0.650. The summed E-state index contributed by atoms with van der Waals surface area (Å²) in [5.41, 5.74) is 0.644. The second-order valence-corrected chi connectivity index (χ2v) is 8.50. The van der Waals surface area contributed by atoms with Crippen LogP contribution in [0.5, 0.6) is 0 Å². The van der Waals surface area contributed by atoms with Gasteiger partial charge < -0.3 is 0 Å². The molecule has 0 unspecified atom stereocenters. The van der Waals surface area contributed by atoms with Gasteiger partial charge >= 0.3 is 148 Å². The second kappa shape index (κ2) is 13.6. The molecule has 0 aliphatic carbocycles. The van der Waals surface area contributed by atoms with Crippen LogP contribution in [0.25, 0.3) is 0 Å². The summed E-state index contributed by atoms with van der Waals surface area (Å²) < 4.78 is 6.09. The van der Waals surface area contributed by atoms with Crippen molar-refractivity contribution >= 4 is 25.4 Å². The predicted molar refractivity (Wildman–Crippen MR) is 99.8 cm³/mol. The number of carbonyl (C=O) groups is 1. The maximum absolute atomic E-state index is 11.4. The number of hydrogen-bond acceptors (Lipinski definition) is 2. The van der Waals surface area contributed by atoms with Crippen molar-refractivity contribution in [3.63, 3.8) is 0 Å². The SMILES string of the molecule is CCCCCCCCCCCC[Se]c1ccc(C(=O)OC)cc1. The van der Waals surface area contributed by atoms with Crippen LogP contribution in [0.1, 0.15) is 81.5 Å². The third kappa shape index (κ3) is 9.83. The summed E-state index contributed by atoms with van der Waals surface area (Å²) in [4.78, 5) is 11.4. The van der Waals surface area contributed by atoms with Crippen molar-refractivity contribution in [2.45, 2.75) is 76.5 Å². The van der Waals surface area contributed by atoms with Crippen molar-refractivity contribution in [1.82, 2.24) is 0 Å². The first kappa shape index (κ1) is 20.3. The van der Waals surface area contributed by atoms with Gasteiger partial charge in [0.05, 0.1) is 0 Å². The van der Waals surface area contributed by atoms with E-state index in [1.165, 1.54) is 81.1 Å². The number of methoxy groups -OCH3 is 1. The molecule has 0 atom stereocenters. The van der Waals surface area contributed by atoms with E-state index in [-0.39, 0.29) is 5.97 Å². The number of ether oxygens (including phenoxy) is 1. The Bertz CT molecular complexity index is 414. The fourth-order valence-electron chi connectivity index (χ4n) is 2.58. The number of benzene rings is 1. The number of esters is 1. The van der Waals surface area contributed by atoms with Crippen molar-refractivity contribution in [1.29, 1.82) is 0 Å². The summed E-state index contributed by atoms with van der Waals surface area (Å²) in [6.07, 6.45) is 14.0. The second-order valence-electron chi connectivity index (χ2n) is 6.05. The fourth-order valence-corrected chi connectivity index (χ4v) is 4.50. The number of rotatable bonds is 13. The van der Waals surface area contributed by atoms with Crippen LogP contribution in [0.4, 0.5) is 0 Å². The van der Waals surface area contributed by atoms with Crippen molar-refractivity contribution in [3.8, 4) is 0 Å². The van der Waals surface area contributed by atoms with Gasteiger partial charge in [0.15, 0.2) is 0 Å². The zero-order valence-corrected chi connectivity index (χ0v) is 16.5. The predicted octanol–water partition coefficient (Wildman–Crippen LogP) is 5.14. The molecule has 1 aromatic rings. The Labute approximate surface area is 148 Å². The van der Waals surface area contributed by atoms with E-state index in [1.807, 2.05) is 12.1 Å². The Morgan fingerprint density at radius 3 is 1.91 bits per heavy atom. The van der Waals surface area contributed by atoms with Crippen LogP contribution in [-0.4, -0.2) is 28.0 Å². The summed E-state index contributed by atoms with van der Waals surface area (Å²) in [7, 11) is 1.42. The average molecular weight is 383 g/mol. The van der Waals surface area contributed by atoms with E-state index in [2.05, 4.69) is 19.1 Å². The number of carbonyl (C=O) groups excluding carboxylic acids is 1. The van der Waals surface area contributed by atoms with Crippen molar-refractivity contribution < 1.29 is 9.53 Å². The summed E-state index contributed by atoms with van der Waals surface area (Å²) >= 11 is 0.537. The molecule has 0 N–H and O–H groups in total. The quantitative estimate of drug-likeness (QED) is 0.268. The van der Waals surface area contributed by atoms with Crippen LogP contribution >= 0.6 is 0 Å². The first-order valence-corrected chi connectivity index (χ1v) is 11.2. The minimum absolute atomic E-state index is 0.251. The molecular formula is C20H32O2Se. The molecule has 1 aromatic carbocycles. The molecule has 0 saturated carbocycles. The molecule has 0 amide bonds. The van der Waals surface area contributed by atoms with E-state index < -0.39 is 0 Å². The molecule has 2 nitrogen and oxygen atoms in total. The summed E-state index contributed by atoms with van der Waals surface area (Å²) in [5.74, 6) is -0.251. The molecule has 0 saturated heterocycles. The number of unbranched alkanes of at least 4 members (excludes halogenated alkanes) is 9. The van der Waals surface area contributed by atoms with Crippen LogP contribution in [0.2, 0.25) is 5.32 Å². The van der Waals surface area contributed by atoms with Gasteiger partial charge in [0, 0.05) is 0 Å². The monoisotopic (exact) mass is 384 g/mol. The van der Waals surface area contributed by atoms with E-state index in [1.54, 1.807) is 0 Å². The average Bonchev–Trinajstić information content (AvgIpc) is 2.59. The van der Waals surface area contributed by atoms with Gasteiger partial charge in [-0.3, -0.25) is 0 Å². The minimum atomic E-state index is -0.251. The molecular weight excluding hydrogens is 351 g/mol. The van der Waals surface area contributed by atoms with Crippen molar-refractivity contribution in [2.24, 2.45) is 0 Å². The Hall–Kier alpha value is -0.791. The standard InChI is InChI=1S/C20H32O2Se/c1-3-4-5-6-7-8-9-10-11-12-17-23-19-15-13-18(14-16-19)20(21)22-2/h13-16H,3-12,17H2,1-2H3. The number of hydrogen-bond donors (Lipinski definition) is 0. The topological polar surface area (TPSA) is 26.3 Å². The Morgan fingerprint density at radius 1 is 0.870 bits per heavy atom. The van der Waals surface area contributed by atoms with Crippen LogP contribution in [-0.2, 0) is 4.74 Å². The molecule has 0 radical (unpaired) electrons. The van der Waals surface area contributed by atoms with E-state index in [0.29, 0.717) is 20.5 Å². The van der Waals surface area contributed by atoms with E-state index in [9.17, 15) is 4.79 Å². The molecule has 1 rings (SSSR count). The zero-order chi connectivity index (χ0) is 16.8. The molecule has 23 heavy (non-hydrogen) atoms. The van der Waals surface area contributed by atoms with E-state index >= 15 is 0 Å². The molecule has 3 heteroatoms. The molecule has 0 heterocycles. The third-order valence-corrected chi connectivity index (χ3v) is 6.35. The molecule has 0 aliphatic rings. The normalized spacial score (nSPS) is 10.7. The Balaban J connectivity index is 1.97. The molecule has 130 valence electrons. The van der Waals surface area contributed by atoms with Crippen LogP contribution in [0, 0.1) is 0 Å². The third-order valence-electron chi connectivity index (χ3n) is 4.04. The van der Waals surface area contributed by atoms with Gasteiger partial charge in [0.1, 0.15) is 0 Å². The Kier molecular flexibility index (Phi) is 12.0. The van der Waals surface area contributed by atoms with Gasteiger partial charge in [-0.2, -0.15) is 0 Å². The van der Waals surface area contributed by atoms with Crippen molar-refractivity contribution in [2.75, 3.05) is 7.11 Å². The van der Waals surface area contributed by atoms with Gasteiger partial charge in [-0.15, -0.1) is 0 Å². The summed E-state index contributed by atoms with van der Waals surface area (Å²) in [6.45, 7) is 2.27. The first-order valence-electron chi connectivity index (χ1n) is 9.09. The van der Waals surface area contributed by atoms with Crippen LogP contribution in [0.3, 0.4) is 0 Å². The van der Waals surface area contributed by atoms with E-state index in [4.69, 9.17) is 4.74 Å². The van der Waals surface area contributed by atoms with Gasteiger partial charge in [-0.05, 0) is 0 Å². The van der Waals surface area contributed by atoms with Crippen LogP contribution in [0.15, 0.2) is 24.3 Å². The summed E-state index contributed by atoms with van der Waals surface area (Å²) in [5, 5.41) is 1.31. The van der Waals surface area contributed by atoms with Gasteiger partial charge in [-0.25, -0.2) is 0 Å². The van der Waals surface area contributed by atoms with Gasteiger partial charge in [0.2, 0.25) is 0 Å². The zero-order valence-electron chi connectivity index (χ0n) is 14.8. The van der Waals surface area contributed by atoms with E-state index in [0.717, 1.165) is 0 Å². The molecule has 0 fully saturated rings. The van der Waals surface area contributed by atoms with Gasteiger partial charge in [0.25, 0.3) is 0 Å². The first-order chi connectivity index (χ1) is 11.3. The Morgan fingerprint density at radius 2 is 1.39 bits per heavy atom. The molecule has 0 aromatic heterocycles. The van der Waals surface area contributed by atoms with Crippen LogP contribution < -0.4 is 4.46 Å². The molecule has 0 spiro atoms. The molecule has 0 bridgehead atoms. The van der Waals surface area contributed by atoms with Crippen molar-refractivity contribution in [3.05, 3.63) is 29.8 Å².